The molecule has 7 nitrogen and oxygen atoms in total. The summed E-state index contributed by atoms with van der Waals surface area (Å²) in [6, 6.07) is 6.32. The van der Waals surface area contributed by atoms with Crippen molar-refractivity contribution in [2.45, 2.75) is 29.1 Å². The monoisotopic (exact) mass is 384 g/mol. The molecule has 1 aromatic heterocycles. The topological polar surface area (TPSA) is 98.5 Å². The van der Waals surface area contributed by atoms with Gasteiger partial charge >= 0.3 is 5.97 Å². The fraction of sp³-hybridized carbons (Fsp3) is 0.375. The number of methoxy groups -OCH3 is 1. The molecule has 1 N–H and O–H groups in total. The van der Waals surface area contributed by atoms with Gasteiger partial charge in [-0.05, 0) is 37.1 Å². The number of nitrogens with zero attached hydrogens (tertiary/aromatic N) is 2. The van der Waals surface area contributed by atoms with Gasteiger partial charge in [-0.25, -0.2) is 13.1 Å². The lowest BCUT2D eigenvalue weighted by Gasteiger charge is -2.14. The lowest BCUT2D eigenvalue weighted by molar-refractivity contribution is -0.145. The summed E-state index contributed by atoms with van der Waals surface area (Å²) >= 11 is 6.21. The first-order chi connectivity index (χ1) is 11.8. The smallest absolute Gasteiger partial charge is 0.309 e. The molecule has 0 amide bonds. The van der Waals surface area contributed by atoms with Crippen LogP contribution in [0.4, 0.5) is 0 Å². The number of hydrogen-bond donors (Lipinski definition) is 1. The van der Waals surface area contributed by atoms with E-state index in [1.54, 1.807) is 29.2 Å². The summed E-state index contributed by atoms with van der Waals surface area (Å²) in [4.78, 5) is 11.3. The zero-order chi connectivity index (χ0) is 18.2. The van der Waals surface area contributed by atoms with Crippen molar-refractivity contribution in [3.05, 3.63) is 41.7 Å². The maximum Gasteiger partial charge on any atom is 0.309 e. The molecule has 1 saturated carbocycles. The Bertz CT molecular complexity index is 882. The normalized spacial score (nSPS) is 23.7. The van der Waals surface area contributed by atoms with Gasteiger partial charge < -0.3 is 9.84 Å². The Kier molecular flexibility index (Phi) is 4.86. The van der Waals surface area contributed by atoms with Crippen molar-refractivity contribution in [1.82, 2.24) is 9.78 Å². The third-order valence-electron chi connectivity index (χ3n) is 4.51. The first-order valence-electron chi connectivity index (χ1n) is 7.63. The highest BCUT2D eigenvalue weighted by Gasteiger charge is 2.45. The van der Waals surface area contributed by atoms with E-state index in [1.807, 2.05) is 0 Å². The molecule has 1 heterocycles. The second-order valence-corrected chi connectivity index (χ2v) is 8.53. The number of halogens is 1. The van der Waals surface area contributed by atoms with Gasteiger partial charge in [0, 0.05) is 19.5 Å². The Balaban J connectivity index is 1.92. The van der Waals surface area contributed by atoms with Gasteiger partial charge in [0.05, 0.1) is 32.9 Å². The van der Waals surface area contributed by atoms with Gasteiger partial charge in [-0.2, -0.15) is 5.10 Å². The molecule has 134 valence electrons. The Morgan fingerprint density at radius 1 is 1.40 bits per heavy atom. The number of hydrogen-bond acceptors (Lipinski definition) is 5. The second kappa shape index (κ2) is 6.78. The van der Waals surface area contributed by atoms with E-state index in [0.29, 0.717) is 5.69 Å². The van der Waals surface area contributed by atoms with Crippen LogP contribution in [0, 0.1) is 5.92 Å². The van der Waals surface area contributed by atoms with Crippen LogP contribution in [-0.4, -0.2) is 47.7 Å². The molecule has 0 spiro atoms. The molecule has 3 rings (SSSR count). The Morgan fingerprint density at radius 3 is 2.68 bits per heavy atom. The van der Waals surface area contributed by atoms with E-state index in [9.17, 15) is 18.3 Å². The Morgan fingerprint density at radius 2 is 2.16 bits per heavy atom. The highest BCUT2D eigenvalue weighted by molar-refractivity contribution is 7.92. The molecular weight excluding hydrogens is 368 g/mol. The molecule has 1 aliphatic rings. The number of rotatable bonds is 5. The number of aliphatic carboxylic acids is 1. The zero-order valence-electron chi connectivity index (χ0n) is 13.4. The van der Waals surface area contributed by atoms with E-state index in [1.165, 1.54) is 19.2 Å². The fourth-order valence-electron chi connectivity index (χ4n) is 3.19. The van der Waals surface area contributed by atoms with Gasteiger partial charge in [-0.3, -0.25) is 4.79 Å². The van der Waals surface area contributed by atoms with Crippen molar-refractivity contribution in [2.24, 2.45) is 5.92 Å². The SMILES string of the molecule is CO[C@H]1C[C@@H](S(=O)(=O)c2ccc(-n3cccn3)cc2Cl)C[C@@H]1C(=O)O. The average Bonchev–Trinajstić information content (AvgIpc) is 3.24. The number of carboxylic acids is 1. The van der Waals surface area contributed by atoms with Crippen LogP contribution in [-0.2, 0) is 19.4 Å². The largest absolute Gasteiger partial charge is 0.481 e. The van der Waals surface area contributed by atoms with Crippen molar-refractivity contribution in [3.63, 3.8) is 0 Å². The summed E-state index contributed by atoms with van der Waals surface area (Å²) in [6.45, 7) is 0. The minimum absolute atomic E-state index is 0.00374. The van der Waals surface area contributed by atoms with Crippen LogP contribution in [0.3, 0.4) is 0 Å². The van der Waals surface area contributed by atoms with Gasteiger partial charge in [-0.1, -0.05) is 11.6 Å². The summed E-state index contributed by atoms with van der Waals surface area (Å²) in [6.07, 6.45) is 2.84. The van der Waals surface area contributed by atoms with Crippen molar-refractivity contribution in [2.75, 3.05) is 7.11 Å². The van der Waals surface area contributed by atoms with Crippen LogP contribution in [0.15, 0.2) is 41.6 Å². The van der Waals surface area contributed by atoms with E-state index in [-0.39, 0.29) is 22.8 Å². The second-order valence-electron chi connectivity index (χ2n) is 5.92. The van der Waals surface area contributed by atoms with E-state index in [0.717, 1.165) is 0 Å². The highest BCUT2D eigenvalue weighted by atomic mass is 35.5. The minimum Gasteiger partial charge on any atom is -0.481 e. The summed E-state index contributed by atoms with van der Waals surface area (Å²) in [5.74, 6) is -1.89. The Hall–Kier alpha value is -1.90. The van der Waals surface area contributed by atoms with Crippen LogP contribution in [0.25, 0.3) is 5.69 Å². The molecule has 9 heteroatoms. The number of benzene rings is 1. The van der Waals surface area contributed by atoms with Crippen LogP contribution >= 0.6 is 11.6 Å². The summed E-state index contributed by atoms with van der Waals surface area (Å²) in [5, 5.41) is 12.6. The maximum atomic E-state index is 12.9. The number of sulfone groups is 1. The minimum atomic E-state index is -3.77. The molecule has 0 aliphatic heterocycles. The first-order valence-corrected chi connectivity index (χ1v) is 9.56. The molecule has 0 radical (unpaired) electrons. The quantitative estimate of drug-likeness (QED) is 0.848. The maximum absolute atomic E-state index is 12.9. The molecule has 0 saturated heterocycles. The molecular formula is C16H17ClN2O5S. The van der Waals surface area contributed by atoms with Crippen molar-refractivity contribution < 1.29 is 23.1 Å². The molecule has 1 fully saturated rings. The van der Waals surface area contributed by atoms with Gasteiger partial charge in [0.2, 0.25) is 0 Å². The lowest BCUT2D eigenvalue weighted by Crippen LogP contribution is -2.24. The molecule has 1 aliphatic carbocycles. The first kappa shape index (κ1) is 17.9. The summed E-state index contributed by atoms with van der Waals surface area (Å²) < 4.78 is 32.6. The highest BCUT2D eigenvalue weighted by Crippen LogP contribution is 2.38. The molecule has 2 aromatic rings. The Labute approximate surface area is 150 Å². The third-order valence-corrected chi connectivity index (χ3v) is 7.17. The number of aromatic nitrogens is 2. The van der Waals surface area contributed by atoms with Gasteiger partial charge in [0.15, 0.2) is 9.84 Å². The summed E-state index contributed by atoms with van der Waals surface area (Å²) in [7, 11) is -2.38. The molecule has 1 aromatic carbocycles. The van der Waals surface area contributed by atoms with Gasteiger partial charge in [0.25, 0.3) is 0 Å². The van der Waals surface area contributed by atoms with Gasteiger partial charge in [0.1, 0.15) is 0 Å². The molecule has 0 unspecified atom stereocenters. The van der Waals surface area contributed by atoms with Gasteiger partial charge in [-0.15, -0.1) is 0 Å². The van der Waals surface area contributed by atoms with Crippen molar-refractivity contribution in [3.8, 4) is 5.69 Å². The predicted octanol–water partition coefficient (Wildman–Crippen LogP) is 2.18. The van der Waals surface area contributed by atoms with E-state index < -0.39 is 33.1 Å². The molecule has 25 heavy (non-hydrogen) atoms. The van der Waals surface area contributed by atoms with E-state index in [4.69, 9.17) is 16.3 Å². The van der Waals surface area contributed by atoms with E-state index >= 15 is 0 Å². The van der Waals surface area contributed by atoms with Crippen molar-refractivity contribution in [1.29, 1.82) is 0 Å². The number of ether oxygens (including phenoxy) is 1. The van der Waals surface area contributed by atoms with Crippen molar-refractivity contribution >= 4 is 27.4 Å². The molecule has 3 atom stereocenters. The standard InChI is InChI=1S/C16H17ClN2O5S/c1-24-14-9-11(8-12(14)16(20)21)25(22,23)15-4-3-10(7-13(15)17)19-6-2-5-18-19/h2-7,11-12,14H,8-9H2,1H3,(H,20,21)/t11-,12-,14-/m0/s1. The average molecular weight is 385 g/mol. The van der Waals surface area contributed by atoms with Crippen LogP contribution in [0.5, 0.6) is 0 Å². The lowest BCUT2D eigenvalue weighted by atomic mass is 10.1. The van der Waals surface area contributed by atoms with E-state index in [2.05, 4.69) is 5.10 Å². The summed E-state index contributed by atoms with van der Waals surface area (Å²) in [5.41, 5.74) is 0.638. The molecule has 0 bridgehead atoms. The number of carbonyl (C=O) groups is 1. The van der Waals surface area contributed by atoms with Crippen LogP contribution in [0.1, 0.15) is 12.8 Å². The fourth-order valence-corrected chi connectivity index (χ4v) is 5.54. The zero-order valence-corrected chi connectivity index (χ0v) is 14.9. The van der Waals surface area contributed by atoms with Crippen LogP contribution in [0.2, 0.25) is 5.02 Å². The van der Waals surface area contributed by atoms with Crippen LogP contribution < -0.4 is 0 Å². The predicted molar refractivity (Wildman–Crippen MR) is 90.7 cm³/mol. The number of carboxylic acid groups (broad SMARTS) is 1. The third kappa shape index (κ3) is 3.29.